The maximum absolute atomic E-state index is 11.0. The summed E-state index contributed by atoms with van der Waals surface area (Å²) < 4.78 is 4.13. The summed E-state index contributed by atoms with van der Waals surface area (Å²) in [6.45, 7) is 0.0845. The molecule has 0 unspecified atom stereocenters. The summed E-state index contributed by atoms with van der Waals surface area (Å²) in [6.07, 6.45) is 6.56. The zero-order chi connectivity index (χ0) is 14.2. The Balaban J connectivity index is 0.00000220. The standard InChI is InChI=1S/C15H12N2O3.Na/c18-11-20-15(19)17-14-5-3-12(4-6-14)1-2-13-7-9-16-10-8-13;/h1-11H,(H,17,19);/q;+1/b2-1+;. The number of rotatable bonds is 4. The van der Waals surface area contributed by atoms with E-state index in [0.29, 0.717) is 5.69 Å². The second-order valence-electron chi connectivity index (χ2n) is 3.86. The van der Waals surface area contributed by atoms with Gasteiger partial charge in [-0.25, -0.2) is 4.79 Å². The van der Waals surface area contributed by atoms with Crippen molar-refractivity contribution >= 4 is 30.4 Å². The maximum Gasteiger partial charge on any atom is 1.00 e. The fourth-order valence-corrected chi connectivity index (χ4v) is 1.54. The molecule has 5 nitrogen and oxygen atoms in total. The van der Waals surface area contributed by atoms with Crippen LogP contribution in [-0.2, 0) is 9.53 Å². The Labute approximate surface area is 144 Å². The van der Waals surface area contributed by atoms with Gasteiger partial charge in [0.1, 0.15) is 0 Å². The van der Waals surface area contributed by atoms with Crippen LogP contribution in [0.15, 0.2) is 48.8 Å². The van der Waals surface area contributed by atoms with Gasteiger partial charge in [0, 0.05) is 18.1 Å². The number of benzene rings is 1. The van der Waals surface area contributed by atoms with Crippen LogP contribution >= 0.6 is 0 Å². The van der Waals surface area contributed by atoms with Crippen molar-refractivity contribution < 1.29 is 43.9 Å². The minimum atomic E-state index is -0.805. The molecular weight excluding hydrogens is 279 g/mol. The smallest absolute Gasteiger partial charge is 0.378 e. The van der Waals surface area contributed by atoms with E-state index in [4.69, 9.17) is 0 Å². The van der Waals surface area contributed by atoms with Crippen molar-refractivity contribution in [2.75, 3.05) is 5.32 Å². The third kappa shape index (κ3) is 5.91. The van der Waals surface area contributed by atoms with Crippen LogP contribution < -0.4 is 34.9 Å². The predicted octanol–water partition coefficient (Wildman–Crippen LogP) is -0.0391. The normalized spacial score (nSPS) is 9.71. The second kappa shape index (κ2) is 9.07. The van der Waals surface area contributed by atoms with Crippen LogP contribution in [0.3, 0.4) is 0 Å². The Kier molecular flexibility index (Phi) is 7.39. The van der Waals surface area contributed by atoms with E-state index in [2.05, 4.69) is 15.0 Å². The molecule has 0 spiro atoms. The van der Waals surface area contributed by atoms with E-state index in [1.54, 1.807) is 24.5 Å². The average Bonchev–Trinajstić information content (AvgIpc) is 2.48. The van der Waals surface area contributed by atoms with Crippen molar-refractivity contribution in [1.82, 2.24) is 4.98 Å². The first kappa shape index (κ1) is 17.1. The van der Waals surface area contributed by atoms with Crippen molar-refractivity contribution in [2.45, 2.75) is 0 Å². The first-order valence-corrected chi connectivity index (χ1v) is 5.87. The molecule has 1 heterocycles. The zero-order valence-electron chi connectivity index (χ0n) is 11.5. The van der Waals surface area contributed by atoms with E-state index in [9.17, 15) is 9.59 Å². The summed E-state index contributed by atoms with van der Waals surface area (Å²) >= 11 is 0. The van der Waals surface area contributed by atoms with Gasteiger partial charge >= 0.3 is 42.1 Å². The second-order valence-corrected chi connectivity index (χ2v) is 3.86. The fraction of sp³-hybridized carbons (Fsp3) is 0. The first-order valence-electron chi connectivity index (χ1n) is 5.87. The third-order valence-electron chi connectivity index (χ3n) is 2.49. The number of nitrogens with zero attached hydrogens (tertiary/aromatic N) is 1. The van der Waals surface area contributed by atoms with Crippen molar-refractivity contribution in [2.24, 2.45) is 0 Å². The van der Waals surface area contributed by atoms with Gasteiger partial charge in [-0.05, 0) is 35.4 Å². The largest absolute Gasteiger partial charge is 1.00 e. The van der Waals surface area contributed by atoms with Gasteiger partial charge < -0.3 is 4.74 Å². The van der Waals surface area contributed by atoms with Crippen LogP contribution in [0.2, 0.25) is 0 Å². The molecule has 1 aromatic heterocycles. The number of hydrogen-bond donors (Lipinski definition) is 1. The Bertz CT molecular complexity index is 613. The molecule has 0 aliphatic heterocycles. The fourth-order valence-electron chi connectivity index (χ4n) is 1.54. The van der Waals surface area contributed by atoms with Gasteiger partial charge in [0.2, 0.25) is 0 Å². The van der Waals surface area contributed by atoms with Gasteiger partial charge in [0.25, 0.3) is 0 Å². The van der Waals surface area contributed by atoms with Gasteiger partial charge in [0.15, 0.2) is 0 Å². The summed E-state index contributed by atoms with van der Waals surface area (Å²) in [6, 6.07) is 10.9. The van der Waals surface area contributed by atoms with Crippen molar-refractivity contribution in [3.8, 4) is 0 Å². The molecule has 1 aromatic carbocycles. The molecule has 1 amide bonds. The topological polar surface area (TPSA) is 68.3 Å². The SMILES string of the molecule is O=COC(=O)Nc1ccc(/C=C/c2ccncc2)cc1.[Na+]. The summed E-state index contributed by atoms with van der Waals surface area (Å²) in [5, 5.41) is 2.42. The summed E-state index contributed by atoms with van der Waals surface area (Å²) in [5.41, 5.74) is 2.59. The van der Waals surface area contributed by atoms with Crippen LogP contribution in [0.1, 0.15) is 11.1 Å². The molecular formula is C15H12N2NaO3+. The summed E-state index contributed by atoms with van der Waals surface area (Å²) in [7, 11) is 0. The van der Waals surface area contributed by atoms with Crippen molar-refractivity contribution in [1.29, 1.82) is 0 Å². The van der Waals surface area contributed by atoms with Crippen LogP contribution in [0.5, 0.6) is 0 Å². The van der Waals surface area contributed by atoms with Crippen LogP contribution in [-0.4, -0.2) is 17.5 Å². The Morgan fingerprint density at radius 1 is 1.00 bits per heavy atom. The maximum atomic E-state index is 11.0. The molecule has 0 bridgehead atoms. The van der Waals surface area contributed by atoms with E-state index in [1.165, 1.54) is 0 Å². The van der Waals surface area contributed by atoms with Gasteiger partial charge in [-0.15, -0.1) is 0 Å². The predicted molar refractivity (Wildman–Crippen MR) is 75.8 cm³/mol. The number of carbonyl (C=O) groups is 2. The summed E-state index contributed by atoms with van der Waals surface area (Å²) in [5.74, 6) is 0. The number of anilines is 1. The van der Waals surface area contributed by atoms with E-state index in [-0.39, 0.29) is 36.0 Å². The average molecular weight is 291 g/mol. The van der Waals surface area contributed by atoms with E-state index in [1.807, 2.05) is 36.4 Å². The van der Waals surface area contributed by atoms with Gasteiger partial charge in [-0.3, -0.25) is 15.1 Å². The molecule has 0 aliphatic carbocycles. The van der Waals surface area contributed by atoms with Crippen LogP contribution in [0.4, 0.5) is 10.5 Å². The van der Waals surface area contributed by atoms with Crippen LogP contribution in [0, 0.1) is 0 Å². The molecule has 2 aromatic rings. The quantitative estimate of drug-likeness (QED) is 0.487. The molecule has 1 N–H and O–H groups in total. The van der Waals surface area contributed by atoms with Crippen molar-refractivity contribution in [3.63, 3.8) is 0 Å². The molecule has 0 aliphatic rings. The number of carbonyl (C=O) groups excluding carboxylic acids is 2. The first-order chi connectivity index (χ1) is 9.78. The number of ether oxygens (including phenoxy) is 1. The minimum Gasteiger partial charge on any atom is -0.378 e. The Hall–Kier alpha value is -1.95. The zero-order valence-corrected chi connectivity index (χ0v) is 13.5. The molecule has 0 atom stereocenters. The van der Waals surface area contributed by atoms with Gasteiger partial charge in [-0.1, -0.05) is 24.3 Å². The molecule has 0 fully saturated rings. The molecule has 21 heavy (non-hydrogen) atoms. The number of hydrogen-bond acceptors (Lipinski definition) is 4. The number of amides is 1. The monoisotopic (exact) mass is 291 g/mol. The minimum absolute atomic E-state index is 0. The number of nitrogens with one attached hydrogen (secondary N) is 1. The number of pyridine rings is 1. The van der Waals surface area contributed by atoms with Gasteiger partial charge in [-0.2, -0.15) is 0 Å². The Morgan fingerprint density at radius 3 is 2.14 bits per heavy atom. The Morgan fingerprint density at radius 2 is 1.57 bits per heavy atom. The van der Waals surface area contributed by atoms with E-state index >= 15 is 0 Å². The molecule has 0 saturated heterocycles. The molecule has 2 rings (SSSR count). The van der Waals surface area contributed by atoms with Crippen molar-refractivity contribution in [3.05, 3.63) is 59.9 Å². The summed E-state index contributed by atoms with van der Waals surface area (Å²) in [4.78, 5) is 25.0. The van der Waals surface area contributed by atoms with E-state index in [0.717, 1.165) is 11.1 Å². The molecule has 0 saturated carbocycles. The van der Waals surface area contributed by atoms with Gasteiger partial charge in [0.05, 0.1) is 0 Å². The molecule has 0 radical (unpaired) electrons. The molecule has 100 valence electrons. The number of aromatic nitrogens is 1. The van der Waals surface area contributed by atoms with E-state index < -0.39 is 6.09 Å². The molecule has 6 heteroatoms. The third-order valence-corrected chi connectivity index (χ3v) is 2.49. The van der Waals surface area contributed by atoms with Crippen LogP contribution in [0.25, 0.3) is 12.2 Å².